The van der Waals surface area contributed by atoms with E-state index in [2.05, 4.69) is 16.3 Å². The van der Waals surface area contributed by atoms with E-state index < -0.39 is 31.4 Å². The molecule has 1 atom stereocenters. The lowest BCUT2D eigenvalue weighted by molar-refractivity contribution is -0.0500. The van der Waals surface area contributed by atoms with Crippen LogP contribution >= 0.6 is 12.6 Å². The standard InChI is InChI=1S/C5H7F3N2O5S3/c1-9-2-3-10(4(9)16)18(13,14)15-17(11,12)5(6,7)8/h2-4,16H,1H3. The highest BCUT2D eigenvalue weighted by Gasteiger charge is 2.51. The Morgan fingerprint density at radius 3 is 2.06 bits per heavy atom. The quantitative estimate of drug-likeness (QED) is 0.581. The van der Waals surface area contributed by atoms with E-state index in [9.17, 15) is 30.0 Å². The Labute approximate surface area is 107 Å². The third kappa shape index (κ3) is 2.84. The van der Waals surface area contributed by atoms with Crippen LogP contribution in [0.1, 0.15) is 0 Å². The Balaban J connectivity index is 3.02. The van der Waals surface area contributed by atoms with E-state index in [1.54, 1.807) is 0 Å². The van der Waals surface area contributed by atoms with Gasteiger partial charge in [-0.3, -0.25) is 0 Å². The largest absolute Gasteiger partial charge is 0.524 e. The Morgan fingerprint density at radius 2 is 1.72 bits per heavy atom. The van der Waals surface area contributed by atoms with Crippen molar-refractivity contribution in [1.82, 2.24) is 9.21 Å². The first kappa shape index (κ1) is 15.4. The molecule has 0 spiro atoms. The molecule has 0 aromatic heterocycles. The van der Waals surface area contributed by atoms with Crippen molar-refractivity contribution in [1.29, 1.82) is 0 Å². The molecular formula is C5H7F3N2O5S3. The van der Waals surface area contributed by atoms with Gasteiger partial charge < -0.3 is 4.90 Å². The Morgan fingerprint density at radius 1 is 1.22 bits per heavy atom. The fourth-order valence-corrected chi connectivity index (χ4v) is 3.46. The zero-order valence-electron chi connectivity index (χ0n) is 8.57. The first-order chi connectivity index (χ1) is 7.88. The molecule has 106 valence electrons. The highest BCUT2D eigenvalue weighted by molar-refractivity contribution is 7.99. The minimum Gasteiger partial charge on any atom is -0.350 e. The molecule has 1 rings (SSSR count). The molecule has 0 aromatic rings. The van der Waals surface area contributed by atoms with E-state index in [1.807, 2.05) is 0 Å². The second-order valence-electron chi connectivity index (χ2n) is 3.07. The summed E-state index contributed by atoms with van der Waals surface area (Å²) in [5.41, 5.74) is -7.03. The second-order valence-corrected chi connectivity index (χ2v) is 6.72. The van der Waals surface area contributed by atoms with Crippen LogP contribution in [0.25, 0.3) is 0 Å². The molecule has 18 heavy (non-hydrogen) atoms. The van der Waals surface area contributed by atoms with E-state index in [1.165, 1.54) is 18.1 Å². The van der Waals surface area contributed by atoms with E-state index in [0.717, 1.165) is 6.20 Å². The van der Waals surface area contributed by atoms with Crippen molar-refractivity contribution in [3.05, 3.63) is 12.4 Å². The fraction of sp³-hybridized carbons (Fsp3) is 0.600. The lowest BCUT2D eigenvalue weighted by atomic mass is 10.9. The van der Waals surface area contributed by atoms with Crippen LogP contribution < -0.4 is 0 Å². The smallest absolute Gasteiger partial charge is 0.350 e. The van der Waals surface area contributed by atoms with Crippen LogP contribution in [-0.2, 0) is 24.1 Å². The number of thiol groups is 1. The van der Waals surface area contributed by atoms with Gasteiger partial charge in [0.2, 0.25) is 0 Å². The van der Waals surface area contributed by atoms with E-state index in [0.29, 0.717) is 0 Å². The predicted molar refractivity (Wildman–Crippen MR) is 56.5 cm³/mol. The molecule has 1 aliphatic heterocycles. The van der Waals surface area contributed by atoms with Crippen LogP contribution in [0.15, 0.2) is 12.4 Å². The SMILES string of the molecule is CN1C=CN(S(=O)(=O)OS(=O)(=O)C(F)(F)F)C1S. The molecule has 13 heteroatoms. The fourth-order valence-electron chi connectivity index (χ4n) is 0.881. The lowest BCUT2D eigenvalue weighted by Crippen LogP contribution is -2.40. The average Bonchev–Trinajstić information content (AvgIpc) is 2.44. The van der Waals surface area contributed by atoms with E-state index >= 15 is 0 Å². The van der Waals surface area contributed by atoms with Gasteiger partial charge in [-0.1, -0.05) is 0 Å². The number of halogens is 3. The number of alkyl halides is 3. The summed E-state index contributed by atoms with van der Waals surface area (Å²) >= 11 is 3.75. The second kappa shape index (κ2) is 4.47. The third-order valence-corrected chi connectivity index (χ3v) is 5.34. The van der Waals surface area contributed by atoms with Gasteiger partial charge in [0.15, 0.2) is 5.50 Å². The molecule has 7 nitrogen and oxygen atoms in total. The van der Waals surface area contributed by atoms with Gasteiger partial charge in [0, 0.05) is 19.4 Å². The Kier molecular flexibility index (Phi) is 3.82. The van der Waals surface area contributed by atoms with Crippen molar-refractivity contribution < 1.29 is 33.6 Å². The monoisotopic (exact) mass is 328 g/mol. The first-order valence-corrected chi connectivity index (χ1v) is 7.31. The van der Waals surface area contributed by atoms with Gasteiger partial charge in [0.1, 0.15) is 0 Å². The molecule has 0 bridgehead atoms. The number of nitrogens with zero attached hydrogens (tertiary/aromatic N) is 2. The normalized spacial score (nSPS) is 21.7. The van der Waals surface area contributed by atoms with Crippen LogP contribution in [0.5, 0.6) is 0 Å². The molecule has 1 aliphatic rings. The molecule has 0 aromatic carbocycles. The summed E-state index contributed by atoms with van der Waals surface area (Å²) < 4.78 is 83.3. The van der Waals surface area contributed by atoms with Crippen LogP contribution in [0.4, 0.5) is 13.2 Å². The van der Waals surface area contributed by atoms with Gasteiger partial charge in [-0.15, -0.1) is 16.3 Å². The van der Waals surface area contributed by atoms with Crippen LogP contribution in [0, 0.1) is 0 Å². The zero-order chi connectivity index (χ0) is 14.4. The molecule has 0 radical (unpaired) electrons. The minimum absolute atomic E-state index is 0.222. The summed E-state index contributed by atoms with van der Waals surface area (Å²) in [6.45, 7) is 0. The van der Waals surface area contributed by atoms with Crippen LogP contribution in [0.3, 0.4) is 0 Å². The lowest BCUT2D eigenvalue weighted by Gasteiger charge is -2.24. The van der Waals surface area contributed by atoms with E-state index in [-0.39, 0.29) is 4.31 Å². The number of hydrogen-bond acceptors (Lipinski definition) is 7. The van der Waals surface area contributed by atoms with E-state index in [4.69, 9.17) is 0 Å². The van der Waals surface area contributed by atoms with Crippen LogP contribution in [-0.4, -0.2) is 44.1 Å². The molecule has 0 saturated heterocycles. The van der Waals surface area contributed by atoms with Gasteiger partial charge in [-0.2, -0.15) is 30.0 Å². The summed E-state index contributed by atoms with van der Waals surface area (Å²) in [5, 5.41) is 0. The van der Waals surface area contributed by atoms with Crippen molar-refractivity contribution in [2.45, 2.75) is 11.0 Å². The summed E-state index contributed by atoms with van der Waals surface area (Å²) in [5.74, 6) is 0. The number of rotatable bonds is 3. The molecule has 0 saturated carbocycles. The van der Waals surface area contributed by atoms with Crippen molar-refractivity contribution in [2.75, 3.05) is 7.05 Å². The Hall–Kier alpha value is -0.660. The summed E-state index contributed by atoms with van der Waals surface area (Å²) in [7, 11) is -10.0. The highest BCUT2D eigenvalue weighted by Crippen LogP contribution is 2.29. The predicted octanol–water partition coefficient (Wildman–Crippen LogP) is 0.0294. The molecule has 1 unspecified atom stereocenters. The average molecular weight is 328 g/mol. The zero-order valence-corrected chi connectivity index (χ0v) is 11.1. The topological polar surface area (TPSA) is 84.0 Å². The molecule has 0 N–H and O–H groups in total. The first-order valence-electron chi connectivity index (χ1n) is 4.03. The van der Waals surface area contributed by atoms with Crippen molar-refractivity contribution >= 4 is 33.1 Å². The van der Waals surface area contributed by atoms with Gasteiger partial charge in [-0.25, -0.2) is 4.31 Å². The van der Waals surface area contributed by atoms with Gasteiger partial charge in [-0.05, 0) is 0 Å². The van der Waals surface area contributed by atoms with Gasteiger partial charge in [0.25, 0.3) is 0 Å². The molecule has 0 aliphatic carbocycles. The van der Waals surface area contributed by atoms with Crippen molar-refractivity contribution in [3.63, 3.8) is 0 Å². The van der Waals surface area contributed by atoms with Gasteiger partial charge in [0.05, 0.1) is 0 Å². The highest BCUT2D eigenvalue weighted by atomic mass is 32.3. The van der Waals surface area contributed by atoms with Crippen molar-refractivity contribution in [3.8, 4) is 0 Å². The Bertz CT molecular complexity index is 553. The van der Waals surface area contributed by atoms with Crippen molar-refractivity contribution in [2.24, 2.45) is 0 Å². The molecule has 1 heterocycles. The maximum atomic E-state index is 12.0. The van der Waals surface area contributed by atoms with Crippen LogP contribution in [0.2, 0.25) is 0 Å². The summed E-state index contributed by atoms with van der Waals surface area (Å²) in [6.07, 6.45) is 1.98. The number of hydrogen-bond donors (Lipinski definition) is 1. The molecular weight excluding hydrogens is 321 g/mol. The minimum atomic E-state index is -6.25. The molecule has 0 amide bonds. The third-order valence-electron chi connectivity index (χ3n) is 1.76. The maximum Gasteiger partial charge on any atom is 0.524 e. The maximum absolute atomic E-state index is 12.0. The molecule has 0 fully saturated rings. The summed E-state index contributed by atoms with van der Waals surface area (Å²) in [4.78, 5) is 1.20. The summed E-state index contributed by atoms with van der Waals surface area (Å²) in [6, 6.07) is 0. The van der Waals surface area contributed by atoms with Gasteiger partial charge >= 0.3 is 25.9 Å².